The van der Waals surface area contributed by atoms with Crippen molar-refractivity contribution in [3.63, 3.8) is 0 Å². The summed E-state index contributed by atoms with van der Waals surface area (Å²) in [4.78, 5) is 0. The number of aliphatic hydroxyl groups excluding tert-OH is 1. The summed E-state index contributed by atoms with van der Waals surface area (Å²) in [6.07, 6.45) is 34.7. The molecule has 0 aliphatic carbocycles. The summed E-state index contributed by atoms with van der Waals surface area (Å²) < 4.78 is 0. The van der Waals surface area contributed by atoms with E-state index in [1.807, 2.05) is 0 Å². The first-order valence-electron chi connectivity index (χ1n) is 11.8. The largest absolute Gasteiger partial charge is 0.396 e. The minimum absolute atomic E-state index is 0.309. The first-order chi connectivity index (χ1) is 12.9. The molecule has 154 valence electrons. The smallest absolute Gasteiger partial charge is 0.0433 e. The molecule has 0 fully saturated rings. The molecule has 0 rings (SSSR count). The molecule has 0 saturated carbocycles. The van der Waals surface area contributed by atoms with Gasteiger partial charge in [0, 0.05) is 6.61 Å². The Balaban J connectivity index is 3.08. The summed E-state index contributed by atoms with van der Waals surface area (Å²) >= 11 is 0. The van der Waals surface area contributed by atoms with Gasteiger partial charge in [0.2, 0.25) is 0 Å². The standard InChI is InChI=1S/C25H48O/c1-2-3-4-5-6-7-8-9-10-11-12-13-14-15-16-17-18-19-20-21-22-23-24-25-26/h17-18,21-22,26H,2-16,19-20,23-25H2,1H3/b18-17-,22-21+. The highest BCUT2D eigenvalue weighted by atomic mass is 16.2. The van der Waals surface area contributed by atoms with E-state index in [9.17, 15) is 0 Å². The Morgan fingerprint density at radius 1 is 0.423 bits per heavy atom. The molecule has 0 amide bonds. The van der Waals surface area contributed by atoms with Crippen molar-refractivity contribution in [2.75, 3.05) is 6.61 Å². The molecule has 0 radical (unpaired) electrons. The van der Waals surface area contributed by atoms with Crippen LogP contribution in [0.2, 0.25) is 0 Å². The van der Waals surface area contributed by atoms with Crippen LogP contribution in [-0.4, -0.2) is 11.7 Å². The third-order valence-electron chi connectivity index (χ3n) is 5.09. The van der Waals surface area contributed by atoms with Gasteiger partial charge in [-0.05, 0) is 38.5 Å². The molecular weight excluding hydrogens is 316 g/mol. The lowest BCUT2D eigenvalue weighted by Gasteiger charge is -2.02. The molecule has 0 bridgehead atoms. The van der Waals surface area contributed by atoms with Crippen LogP contribution >= 0.6 is 0 Å². The van der Waals surface area contributed by atoms with Crippen LogP contribution in [0.15, 0.2) is 24.3 Å². The molecule has 0 heterocycles. The molecule has 1 N–H and O–H groups in total. The summed E-state index contributed by atoms with van der Waals surface area (Å²) in [6.45, 7) is 2.60. The topological polar surface area (TPSA) is 20.2 Å². The fourth-order valence-electron chi connectivity index (χ4n) is 3.33. The van der Waals surface area contributed by atoms with Crippen molar-refractivity contribution in [1.29, 1.82) is 0 Å². The lowest BCUT2D eigenvalue weighted by molar-refractivity contribution is 0.289. The van der Waals surface area contributed by atoms with E-state index in [-0.39, 0.29) is 0 Å². The van der Waals surface area contributed by atoms with Crippen molar-refractivity contribution in [2.24, 2.45) is 0 Å². The molecular formula is C25H48O. The predicted molar refractivity (Wildman–Crippen MR) is 119 cm³/mol. The number of allylic oxidation sites excluding steroid dienone is 4. The molecule has 0 spiro atoms. The van der Waals surface area contributed by atoms with E-state index in [4.69, 9.17) is 5.11 Å². The van der Waals surface area contributed by atoms with Crippen LogP contribution in [0.25, 0.3) is 0 Å². The van der Waals surface area contributed by atoms with Crippen LogP contribution in [0, 0.1) is 0 Å². The molecule has 26 heavy (non-hydrogen) atoms. The third kappa shape index (κ3) is 23.4. The average Bonchev–Trinajstić information content (AvgIpc) is 2.66. The summed E-state index contributed by atoms with van der Waals surface area (Å²) in [5.41, 5.74) is 0. The maximum Gasteiger partial charge on any atom is 0.0433 e. The Hall–Kier alpha value is -0.560. The lowest BCUT2D eigenvalue weighted by atomic mass is 10.0. The summed E-state index contributed by atoms with van der Waals surface area (Å²) in [5, 5.41) is 8.69. The van der Waals surface area contributed by atoms with E-state index in [1.165, 1.54) is 96.3 Å². The van der Waals surface area contributed by atoms with Crippen LogP contribution < -0.4 is 0 Å². The van der Waals surface area contributed by atoms with Crippen molar-refractivity contribution in [3.05, 3.63) is 24.3 Å². The van der Waals surface area contributed by atoms with Gasteiger partial charge in [-0.15, -0.1) is 0 Å². The van der Waals surface area contributed by atoms with Gasteiger partial charge in [0.1, 0.15) is 0 Å². The maximum atomic E-state index is 8.69. The van der Waals surface area contributed by atoms with Crippen molar-refractivity contribution in [3.8, 4) is 0 Å². The van der Waals surface area contributed by atoms with Gasteiger partial charge in [-0.25, -0.2) is 0 Å². The molecule has 1 heteroatoms. The Labute approximate surface area is 165 Å². The second-order valence-corrected chi connectivity index (χ2v) is 7.77. The molecule has 0 aliphatic heterocycles. The van der Waals surface area contributed by atoms with Gasteiger partial charge in [-0.1, -0.05) is 115 Å². The third-order valence-corrected chi connectivity index (χ3v) is 5.09. The lowest BCUT2D eigenvalue weighted by Crippen LogP contribution is -1.83. The minimum atomic E-state index is 0.309. The van der Waals surface area contributed by atoms with Gasteiger partial charge in [0.05, 0.1) is 0 Å². The first kappa shape index (κ1) is 25.4. The Morgan fingerprint density at radius 3 is 1.19 bits per heavy atom. The van der Waals surface area contributed by atoms with Gasteiger partial charge >= 0.3 is 0 Å². The molecule has 0 unspecified atom stereocenters. The number of unbranched alkanes of at least 4 members (excludes halogenated alkanes) is 16. The molecule has 0 saturated heterocycles. The van der Waals surface area contributed by atoms with Crippen LogP contribution in [0.4, 0.5) is 0 Å². The second kappa shape index (κ2) is 24.4. The van der Waals surface area contributed by atoms with Gasteiger partial charge in [-0.3, -0.25) is 0 Å². The van der Waals surface area contributed by atoms with Crippen LogP contribution in [0.3, 0.4) is 0 Å². The fourth-order valence-corrected chi connectivity index (χ4v) is 3.33. The summed E-state index contributed by atoms with van der Waals surface area (Å²) in [5.74, 6) is 0. The number of aliphatic hydroxyl groups is 1. The minimum Gasteiger partial charge on any atom is -0.396 e. The van der Waals surface area contributed by atoms with Crippen molar-refractivity contribution in [1.82, 2.24) is 0 Å². The molecule has 0 aromatic rings. The monoisotopic (exact) mass is 364 g/mol. The zero-order chi connectivity index (χ0) is 19.0. The Bertz CT molecular complexity index is 293. The fraction of sp³-hybridized carbons (Fsp3) is 0.840. The van der Waals surface area contributed by atoms with Gasteiger partial charge in [0.15, 0.2) is 0 Å². The second-order valence-electron chi connectivity index (χ2n) is 7.77. The van der Waals surface area contributed by atoms with E-state index in [2.05, 4.69) is 31.2 Å². The van der Waals surface area contributed by atoms with Gasteiger partial charge < -0.3 is 5.11 Å². The normalized spacial score (nSPS) is 11.9. The van der Waals surface area contributed by atoms with E-state index in [0.29, 0.717) is 6.61 Å². The quantitative estimate of drug-likeness (QED) is 0.160. The zero-order valence-electron chi connectivity index (χ0n) is 17.9. The van der Waals surface area contributed by atoms with Crippen molar-refractivity contribution in [2.45, 2.75) is 129 Å². The summed E-state index contributed by atoms with van der Waals surface area (Å²) in [7, 11) is 0. The van der Waals surface area contributed by atoms with Crippen molar-refractivity contribution >= 4 is 0 Å². The van der Waals surface area contributed by atoms with E-state index in [0.717, 1.165) is 25.7 Å². The predicted octanol–water partition coefficient (Wildman–Crippen LogP) is 8.52. The molecule has 0 aromatic carbocycles. The average molecular weight is 365 g/mol. The molecule has 1 nitrogen and oxygen atoms in total. The molecule has 0 aliphatic rings. The Morgan fingerprint density at radius 2 is 0.769 bits per heavy atom. The van der Waals surface area contributed by atoms with E-state index in [1.54, 1.807) is 0 Å². The Kier molecular flexibility index (Phi) is 23.9. The van der Waals surface area contributed by atoms with Gasteiger partial charge in [-0.2, -0.15) is 0 Å². The SMILES string of the molecule is CCCCCCCCCCCCCCCC/C=C\CC/C=C/CCCO. The summed E-state index contributed by atoms with van der Waals surface area (Å²) in [6, 6.07) is 0. The maximum absolute atomic E-state index is 8.69. The molecule has 0 atom stereocenters. The number of hydrogen-bond donors (Lipinski definition) is 1. The van der Waals surface area contributed by atoms with Gasteiger partial charge in [0.25, 0.3) is 0 Å². The number of rotatable bonds is 21. The van der Waals surface area contributed by atoms with Crippen LogP contribution in [-0.2, 0) is 0 Å². The van der Waals surface area contributed by atoms with E-state index >= 15 is 0 Å². The number of hydrogen-bond acceptors (Lipinski definition) is 1. The van der Waals surface area contributed by atoms with E-state index < -0.39 is 0 Å². The zero-order valence-corrected chi connectivity index (χ0v) is 17.9. The molecule has 0 aromatic heterocycles. The van der Waals surface area contributed by atoms with Crippen molar-refractivity contribution < 1.29 is 5.11 Å². The highest BCUT2D eigenvalue weighted by Crippen LogP contribution is 2.13. The first-order valence-corrected chi connectivity index (χ1v) is 11.8. The highest BCUT2D eigenvalue weighted by Gasteiger charge is 1.93. The van der Waals surface area contributed by atoms with Crippen LogP contribution in [0.1, 0.15) is 129 Å². The highest BCUT2D eigenvalue weighted by molar-refractivity contribution is 4.88. The van der Waals surface area contributed by atoms with Crippen LogP contribution in [0.5, 0.6) is 0 Å².